The molecule has 0 unspecified atom stereocenters. The monoisotopic (exact) mass is 296 g/mol. The van der Waals surface area contributed by atoms with Crippen LogP contribution < -0.4 is 10.9 Å². The first-order valence-corrected chi connectivity index (χ1v) is 5.99. The first-order chi connectivity index (χ1) is 9.70. The molecule has 0 fully saturated rings. The molecule has 1 aromatic rings. The molecule has 0 saturated heterocycles. The zero-order valence-corrected chi connectivity index (χ0v) is 11.8. The maximum atomic E-state index is 11.9. The minimum Gasteiger partial charge on any atom is -0.464 e. The average Bonchev–Trinajstić information content (AvgIpc) is 2.41. The maximum absolute atomic E-state index is 11.9. The number of nitrogens with one attached hydrogen (secondary N) is 2. The molecule has 0 aliphatic heterocycles. The summed E-state index contributed by atoms with van der Waals surface area (Å²) in [5.74, 6) is -1.65. The molecule has 1 aromatic carbocycles. The third-order valence-electron chi connectivity index (χ3n) is 2.04. The van der Waals surface area contributed by atoms with Crippen LogP contribution in [0.25, 0.3) is 0 Å². The van der Waals surface area contributed by atoms with Crippen LogP contribution in [0.3, 0.4) is 0 Å². The number of rotatable bonds is 3. The van der Waals surface area contributed by atoms with Gasteiger partial charge in [0.1, 0.15) is 5.60 Å². The van der Waals surface area contributed by atoms with Crippen molar-refractivity contribution in [3.63, 3.8) is 0 Å². The first kappa shape index (κ1) is 16.4. The third-order valence-corrected chi connectivity index (χ3v) is 2.04. The summed E-state index contributed by atoms with van der Waals surface area (Å²) in [6.45, 7) is 5.07. The zero-order valence-electron chi connectivity index (χ0n) is 11.8. The zero-order chi connectivity index (χ0) is 16.0. The average molecular weight is 296 g/mol. The van der Waals surface area contributed by atoms with Crippen LogP contribution in [-0.4, -0.2) is 28.7 Å². The van der Waals surface area contributed by atoms with E-state index in [0.29, 0.717) is 0 Å². The Morgan fingerprint density at radius 1 is 1.05 bits per heavy atom. The second-order valence-electron chi connectivity index (χ2n) is 5.00. The summed E-state index contributed by atoms with van der Waals surface area (Å²) in [5, 5.41) is 8.42. The van der Waals surface area contributed by atoms with Crippen LogP contribution in [-0.2, 0) is 9.78 Å². The van der Waals surface area contributed by atoms with E-state index < -0.39 is 23.6 Å². The summed E-state index contributed by atoms with van der Waals surface area (Å²) in [6, 6.07) is 5.78. The molecule has 8 nitrogen and oxygen atoms in total. The van der Waals surface area contributed by atoms with Crippen LogP contribution in [0.1, 0.15) is 41.5 Å². The molecule has 21 heavy (non-hydrogen) atoms. The lowest BCUT2D eigenvalue weighted by Crippen LogP contribution is -2.41. The highest BCUT2D eigenvalue weighted by atomic mass is 17.2. The molecule has 0 aromatic heterocycles. The van der Waals surface area contributed by atoms with Gasteiger partial charge in [-0.25, -0.2) is 15.0 Å². The van der Waals surface area contributed by atoms with Crippen molar-refractivity contribution in [2.24, 2.45) is 0 Å². The van der Waals surface area contributed by atoms with Crippen molar-refractivity contribution in [1.29, 1.82) is 0 Å². The minimum absolute atomic E-state index is 0.0474. The van der Waals surface area contributed by atoms with Gasteiger partial charge < -0.3 is 5.11 Å². The normalized spacial score (nSPS) is 10.6. The molecule has 8 heteroatoms. The molecule has 2 amide bonds. The van der Waals surface area contributed by atoms with Gasteiger partial charge in [0.15, 0.2) is 0 Å². The number of carbonyl (C=O) groups is 3. The van der Waals surface area contributed by atoms with Gasteiger partial charge in [0.05, 0.1) is 11.1 Å². The predicted molar refractivity (Wildman–Crippen MR) is 71.3 cm³/mol. The van der Waals surface area contributed by atoms with Crippen LogP contribution in [0.15, 0.2) is 24.3 Å². The summed E-state index contributed by atoms with van der Waals surface area (Å²) in [4.78, 5) is 43.6. The maximum Gasteiger partial charge on any atom is 0.423 e. The van der Waals surface area contributed by atoms with Gasteiger partial charge >= 0.3 is 12.1 Å². The Morgan fingerprint density at radius 2 is 1.62 bits per heavy atom. The Hall–Kier alpha value is -2.61. The summed E-state index contributed by atoms with van der Waals surface area (Å²) < 4.78 is 0. The van der Waals surface area contributed by atoms with Crippen LogP contribution in [0.5, 0.6) is 0 Å². The molecular formula is C13H16N2O6. The molecule has 0 saturated carbocycles. The molecule has 0 aliphatic carbocycles. The van der Waals surface area contributed by atoms with E-state index in [1.165, 1.54) is 24.3 Å². The van der Waals surface area contributed by atoms with Gasteiger partial charge in [-0.05, 0) is 32.9 Å². The summed E-state index contributed by atoms with van der Waals surface area (Å²) in [7, 11) is 0. The van der Waals surface area contributed by atoms with E-state index in [4.69, 9.17) is 9.99 Å². The van der Waals surface area contributed by atoms with Crippen molar-refractivity contribution in [3.8, 4) is 0 Å². The fourth-order valence-electron chi connectivity index (χ4n) is 1.24. The van der Waals surface area contributed by atoms with E-state index in [2.05, 4.69) is 4.89 Å². The van der Waals surface area contributed by atoms with Crippen molar-refractivity contribution in [2.75, 3.05) is 0 Å². The fraction of sp³-hybridized carbons (Fsp3) is 0.308. The Balaban J connectivity index is 2.86. The van der Waals surface area contributed by atoms with Gasteiger partial charge in [-0.2, -0.15) is 4.89 Å². The summed E-state index contributed by atoms with van der Waals surface area (Å²) in [5.41, 5.74) is 2.84. The van der Waals surface area contributed by atoms with Crippen molar-refractivity contribution in [2.45, 2.75) is 26.4 Å². The van der Waals surface area contributed by atoms with Gasteiger partial charge in [-0.15, -0.1) is 0 Å². The molecule has 0 heterocycles. The highest BCUT2D eigenvalue weighted by Gasteiger charge is 2.21. The second-order valence-corrected chi connectivity index (χ2v) is 5.00. The number of amides is 2. The molecule has 0 bridgehead atoms. The van der Waals surface area contributed by atoms with E-state index >= 15 is 0 Å². The van der Waals surface area contributed by atoms with E-state index in [-0.39, 0.29) is 11.1 Å². The molecule has 0 radical (unpaired) electrons. The Kier molecular flexibility index (Phi) is 5.25. The topological polar surface area (TPSA) is 114 Å². The molecule has 3 N–H and O–H groups in total. The molecule has 1 rings (SSSR count). The van der Waals surface area contributed by atoms with Gasteiger partial charge in [-0.1, -0.05) is 12.1 Å². The molecule has 0 atom stereocenters. The van der Waals surface area contributed by atoms with Crippen molar-refractivity contribution < 1.29 is 29.3 Å². The van der Waals surface area contributed by atoms with Crippen LogP contribution in [0.4, 0.5) is 4.79 Å². The van der Waals surface area contributed by atoms with E-state index in [0.717, 1.165) is 0 Å². The van der Waals surface area contributed by atoms with Crippen LogP contribution in [0.2, 0.25) is 0 Å². The van der Waals surface area contributed by atoms with E-state index in [9.17, 15) is 14.4 Å². The lowest BCUT2D eigenvalue weighted by molar-refractivity contribution is -0.301. The smallest absolute Gasteiger partial charge is 0.423 e. The lowest BCUT2D eigenvalue weighted by Gasteiger charge is -2.17. The number of benzene rings is 1. The second kappa shape index (κ2) is 6.71. The molecule has 0 spiro atoms. The molecule has 0 aliphatic rings. The predicted octanol–water partition coefficient (Wildman–Crippen LogP) is 1.49. The highest BCUT2D eigenvalue weighted by molar-refractivity contribution is 6.05. The fourth-order valence-corrected chi connectivity index (χ4v) is 1.24. The largest absolute Gasteiger partial charge is 0.464 e. The summed E-state index contributed by atoms with van der Waals surface area (Å²) >= 11 is 0. The van der Waals surface area contributed by atoms with E-state index in [1.807, 2.05) is 5.43 Å². The SMILES string of the molecule is CC(C)(C)OOC(=O)c1ccccc1C(=O)NNC(=O)O. The van der Waals surface area contributed by atoms with Crippen molar-refractivity contribution in [3.05, 3.63) is 35.4 Å². The van der Waals surface area contributed by atoms with Crippen molar-refractivity contribution in [1.82, 2.24) is 10.9 Å². The standard InChI is InChI=1S/C13H16N2O6/c1-13(2,3)21-20-11(17)9-7-5-4-6-8(9)10(16)14-15-12(18)19/h4-7,15H,1-3H3,(H,14,16)(H,18,19). The molecule has 114 valence electrons. The highest BCUT2D eigenvalue weighted by Crippen LogP contribution is 2.13. The van der Waals surface area contributed by atoms with Gasteiger partial charge in [0.2, 0.25) is 0 Å². The lowest BCUT2D eigenvalue weighted by atomic mass is 10.1. The van der Waals surface area contributed by atoms with Gasteiger partial charge in [0, 0.05) is 0 Å². The molecular weight excluding hydrogens is 280 g/mol. The minimum atomic E-state index is -1.43. The Bertz CT molecular complexity index is 550. The van der Waals surface area contributed by atoms with Crippen LogP contribution >= 0.6 is 0 Å². The van der Waals surface area contributed by atoms with E-state index in [1.54, 1.807) is 26.2 Å². The summed E-state index contributed by atoms with van der Waals surface area (Å²) in [6.07, 6.45) is -1.43. The Morgan fingerprint density at radius 3 is 2.14 bits per heavy atom. The number of carboxylic acid groups (broad SMARTS) is 1. The Labute approximate surface area is 120 Å². The quantitative estimate of drug-likeness (QED) is 0.575. The third kappa shape index (κ3) is 5.49. The van der Waals surface area contributed by atoms with Gasteiger partial charge in [0.25, 0.3) is 5.91 Å². The van der Waals surface area contributed by atoms with Crippen LogP contribution in [0, 0.1) is 0 Å². The number of hydrogen-bond donors (Lipinski definition) is 3. The first-order valence-electron chi connectivity index (χ1n) is 5.99. The number of hydrogen-bond acceptors (Lipinski definition) is 5. The number of carbonyl (C=O) groups excluding carboxylic acids is 2. The number of hydrazine groups is 1. The van der Waals surface area contributed by atoms with Crippen molar-refractivity contribution >= 4 is 18.0 Å². The van der Waals surface area contributed by atoms with Gasteiger partial charge in [-0.3, -0.25) is 15.1 Å².